The fourth-order valence-corrected chi connectivity index (χ4v) is 2.21. The van der Waals surface area contributed by atoms with Crippen molar-refractivity contribution in [3.8, 4) is 5.75 Å². The molecule has 0 saturated carbocycles. The number of hydrogen-bond acceptors (Lipinski definition) is 3. The second-order valence-corrected chi connectivity index (χ2v) is 5.44. The molecule has 2 aromatic carbocycles. The number of nitrogens with zero attached hydrogens (tertiary/aromatic N) is 1. The van der Waals surface area contributed by atoms with E-state index in [9.17, 15) is 13.6 Å². The number of amides is 1. The van der Waals surface area contributed by atoms with Crippen molar-refractivity contribution in [1.82, 2.24) is 4.90 Å². The van der Waals surface area contributed by atoms with E-state index < -0.39 is 12.7 Å². The van der Waals surface area contributed by atoms with Crippen LogP contribution in [0.2, 0.25) is 0 Å². The molecule has 0 unspecified atom stereocenters. The maximum atomic E-state index is 12.4. The van der Waals surface area contributed by atoms with Gasteiger partial charge in [-0.2, -0.15) is 8.78 Å². The second-order valence-electron chi connectivity index (χ2n) is 5.44. The maximum absolute atomic E-state index is 12.4. The van der Waals surface area contributed by atoms with Crippen LogP contribution in [0.25, 0.3) is 0 Å². The summed E-state index contributed by atoms with van der Waals surface area (Å²) in [7, 11) is 1.83. The zero-order chi connectivity index (χ0) is 17.5. The van der Waals surface area contributed by atoms with Gasteiger partial charge in [0.2, 0.25) is 5.91 Å². The maximum Gasteiger partial charge on any atom is 0.387 e. The summed E-state index contributed by atoms with van der Waals surface area (Å²) in [4.78, 5) is 14.3. The minimum Gasteiger partial charge on any atom is -0.433 e. The van der Waals surface area contributed by atoms with Crippen molar-refractivity contribution in [1.29, 1.82) is 0 Å². The molecule has 2 aromatic rings. The molecule has 24 heavy (non-hydrogen) atoms. The Bertz CT molecular complexity index is 665. The predicted octanol–water partition coefficient (Wildman–Crippen LogP) is 3.75. The lowest BCUT2D eigenvalue weighted by molar-refractivity contribution is -0.120. The van der Waals surface area contributed by atoms with Gasteiger partial charge in [0.1, 0.15) is 5.75 Å². The van der Waals surface area contributed by atoms with Gasteiger partial charge in [-0.25, -0.2) is 0 Å². The van der Waals surface area contributed by atoms with Gasteiger partial charge < -0.3 is 10.1 Å². The monoisotopic (exact) mass is 334 g/mol. The van der Waals surface area contributed by atoms with Crippen molar-refractivity contribution < 1.29 is 18.3 Å². The number of likely N-dealkylation sites (N-methyl/N-ethyl adjacent to an activating group) is 1. The van der Waals surface area contributed by atoms with Gasteiger partial charge in [0.15, 0.2) is 0 Å². The Morgan fingerprint density at radius 3 is 2.42 bits per heavy atom. The van der Waals surface area contributed by atoms with E-state index >= 15 is 0 Å². The molecule has 0 fully saturated rings. The molecule has 0 bridgehead atoms. The Morgan fingerprint density at radius 1 is 1.12 bits per heavy atom. The third-order valence-electron chi connectivity index (χ3n) is 3.68. The number of alkyl halides is 2. The van der Waals surface area contributed by atoms with Gasteiger partial charge in [-0.3, -0.25) is 9.69 Å². The minimum atomic E-state index is -2.94. The highest BCUT2D eigenvalue weighted by molar-refractivity contribution is 5.95. The molecule has 6 heteroatoms. The van der Waals surface area contributed by atoms with E-state index in [1.54, 1.807) is 19.1 Å². The molecule has 0 aliphatic carbocycles. The van der Waals surface area contributed by atoms with Crippen LogP contribution in [0.1, 0.15) is 12.5 Å². The van der Waals surface area contributed by atoms with Crippen LogP contribution in [0.4, 0.5) is 14.5 Å². The Balaban J connectivity index is 2.01. The number of rotatable bonds is 7. The van der Waals surface area contributed by atoms with E-state index in [1.807, 2.05) is 42.3 Å². The van der Waals surface area contributed by atoms with Crippen LogP contribution in [0.5, 0.6) is 5.75 Å². The zero-order valence-corrected chi connectivity index (χ0v) is 13.6. The quantitative estimate of drug-likeness (QED) is 0.838. The van der Waals surface area contributed by atoms with Gasteiger partial charge in [0.05, 0.1) is 11.7 Å². The molecular weight excluding hydrogens is 314 g/mol. The van der Waals surface area contributed by atoms with E-state index in [0.29, 0.717) is 6.54 Å². The van der Waals surface area contributed by atoms with Gasteiger partial charge in [0.25, 0.3) is 0 Å². The molecule has 4 nitrogen and oxygen atoms in total. The number of hydrogen-bond donors (Lipinski definition) is 1. The largest absolute Gasteiger partial charge is 0.433 e. The summed E-state index contributed by atoms with van der Waals surface area (Å²) in [5, 5.41) is 2.64. The number of carbonyl (C=O) groups is 1. The first-order valence-electron chi connectivity index (χ1n) is 7.56. The zero-order valence-electron chi connectivity index (χ0n) is 13.6. The van der Waals surface area contributed by atoms with Crippen LogP contribution in [0, 0.1) is 0 Å². The van der Waals surface area contributed by atoms with E-state index in [2.05, 4.69) is 10.1 Å². The first-order valence-corrected chi connectivity index (χ1v) is 7.56. The molecule has 0 spiro atoms. The number of ether oxygens (including phenoxy) is 1. The van der Waals surface area contributed by atoms with Crippen molar-refractivity contribution in [3.05, 3.63) is 60.2 Å². The first kappa shape index (κ1) is 17.9. The number of benzene rings is 2. The van der Waals surface area contributed by atoms with Gasteiger partial charge >= 0.3 is 6.61 Å². The Labute approximate surface area is 140 Å². The summed E-state index contributed by atoms with van der Waals surface area (Å²) in [6, 6.07) is 15.5. The van der Waals surface area contributed by atoms with Crippen LogP contribution in [0.3, 0.4) is 0 Å². The minimum absolute atomic E-state index is 0.0567. The fourth-order valence-electron chi connectivity index (χ4n) is 2.21. The summed E-state index contributed by atoms with van der Waals surface area (Å²) in [5.74, 6) is -0.350. The van der Waals surface area contributed by atoms with E-state index in [-0.39, 0.29) is 17.3 Å². The predicted molar refractivity (Wildman–Crippen MR) is 89.1 cm³/mol. The average Bonchev–Trinajstić information content (AvgIpc) is 2.56. The summed E-state index contributed by atoms with van der Waals surface area (Å²) < 4.78 is 29.3. The summed E-state index contributed by atoms with van der Waals surface area (Å²) in [5.41, 5.74) is 1.31. The number of nitrogens with one attached hydrogen (secondary N) is 1. The van der Waals surface area contributed by atoms with Gasteiger partial charge in [0, 0.05) is 6.54 Å². The summed E-state index contributed by atoms with van der Waals surface area (Å²) in [6.07, 6.45) is 0. The van der Waals surface area contributed by atoms with Crippen LogP contribution in [0.15, 0.2) is 54.6 Å². The highest BCUT2D eigenvalue weighted by Gasteiger charge is 2.20. The van der Waals surface area contributed by atoms with Gasteiger partial charge in [-0.1, -0.05) is 42.5 Å². The van der Waals surface area contributed by atoms with Crippen molar-refractivity contribution in [3.63, 3.8) is 0 Å². The summed E-state index contributed by atoms with van der Waals surface area (Å²) >= 11 is 0. The van der Waals surface area contributed by atoms with Crippen molar-refractivity contribution in [2.45, 2.75) is 26.1 Å². The van der Waals surface area contributed by atoms with Crippen molar-refractivity contribution >= 4 is 11.6 Å². The van der Waals surface area contributed by atoms with Gasteiger partial charge in [-0.15, -0.1) is 0 Å². The molecule has 0 aromatic heterocycles. The number of carbonyl (C=O) groups excluding carboxylic acids is 1. The molecule has 1 amide bonds. The molecular formula is C18H20F2N2O2. The van der Waals surface area contributed by atoms with E-state index in [1.165, 1.54) is 12.1 Å². The van der Waals surface area contributed by atoms with Crippen molar-refractivity contribution in [2.75, 3.05) is 12.4 Å². The van der Waals surface area contributed by atoms with Crippen LogP contribution >= 0.6 is 0 Å². The third kappa shape index (κ3) is 5.03. The highest BCUT2D eigenvalue weighted by Crippen LogP contribution is 2.25. The number of anilines is 1. The van der Waals surface area contributed by atoms with Crippen LogP contribution in [-0.4, -0.2) is 30.5 Å². The highest BCUT2D eigenvalue weighted by atomic mass is 19.3. The molecule has 1 N–H and O–H groups in total. The Hall–Kier alpha value is -2.47. The first-order chi connectivity index (χ1) is 11.5. The molecule has 0 saturated heterocycles. The Kier molecular flexibility index (Phi) is 6.26. The van der Waals surface area contributed by atoms with Crippen molar-refractivity contribution in [2.24, 2.45) is 0 Å². The lowest BCUT2D eigenvalue weighted by atomic mass is 10.2. The molecule has 128 valence electrons. The van der Waals surface area contributed by atoms with E-state index in [4.69, 9.17) is 0 Å². The lowest BCUT2D eigenvalue weighted by Gasteiger charge is -2.24. The smallest absolute Gasteiger partial charge is 0.387 e. The molecule has 0 heterocycles. The third-order valence-corrected chi connectivity index (χ3v) is 3.68. The average molecular weight is 334 g/mol. The summed E-state index contributed by atoms with van der Waals surface area (Å²) in [6.45, 7) is -0.583. The second kappa shape index (κ2) is 8.40. The molecule has 0 aliphatic heterocycles. The molecule has 2 rings (SSSR count). The topological polar surface area (TPSA) is 41.6 Å². The molecule has 0 aliphatic rings. The van der Waals surface area contributed by atoms with E-state index in [0.717, 1.165) is 5.56 Å². The number of para-hydroxylation sites is 2. The fraction of sp³-hybridized carbons (Fsp3) is 0.278. The molecule has 1 atom stereocenters. The lowest BCUT2D eigenvalue weighted by Crippen LogP contribution is -2.39. The normalized spacial score (nSPS) is 12.2. The van der Waals surface area contributed by atoms with Crippen LogP contribution in [-0.2, 0) is 11.3 Å². The van der Waals surface area contributed by atoms with Crippen LogP contribution < -0.4 is 10.1 Å². The SMILES string of the molecule is C[C@H](C(=O)Nc1ccccc1OC(F)F)N(C)Cc1ccccc1. The standard InChI is InChI=1S/C18H20F2N2O2/c1-13(22(2)12-14-8-4-3-5-9-14)17(23)21-15-10-6-7-11-16(15)24-18(19)20/h3-11,13,18H,12H2,1-2H3,(H,21,23)/t13-/m1/s1. The molecule has 0 radical (unpaired) electrons. The van der Waals surface area contributed by atoms with Gasteiger partial charge in [-0.05, 0) is 31.7 Å². The Morgan fingerprint density at radius 2 is 1.75 bits per heavy atom. The number of halogens is 2.